The summed E-state index contributed by atoms with van der Waals surface area (Å²) in [5, 5.41) is 13.8. The Balaban J connectivity index is 1.70. The second-order valence-corrected chi connectivity index (χ2v) is 6.32. The van der Waals surface area contributed by atoms with Crippen molar-refractivity contribution < 1.29 is 18.5 Å². The number of benzene rings is 2. The van der Waals surface area contributed by atoms with Crippen LogP contribution in [0.2, 0.25) is 5.02 Å². The van der Waals surface area contributed by atoms with Crippen molar-refractivity contribution in [3.8, 4) is 11.3 Å². The van der Waals surface area contributed by atoms with Crippen LogP contribution < -0.4 is 5.32 Å². The molecule has 0 aliphatic carbocycles. The highest BCUT2D eigenvalue weighted by molar-refractivity contribution is 6.31. The van der Waals surface area contributed by atoms with Gasteiger partial charge in [-0.25, -0.2) is 0 Å². The van der Waals surface area contributed by atoms with Crippen LogP contribution in [0.3, 0.4) is 0 Å². The summed E-state index contributed by atoms with van der Waals surface area (Å²) in [6.45, 7) is 1.90. The molecule has 0 aliphatic heterocycles. The minimum Gasteiger partial charge on any atom is -0.457 e. The van der Waals surface area contributed by atoms with Gasteiger partial charge in [-0.3, -0.25) is 14.9 Å². The lowest BCUT2D eigenvalue weighted by Gasteiger charge is -2.02. The molecular formula is C20H14ClFN2O4. The summed E-state index contributed by atoms with van der Waals surface area (Å²) in [7, 11) is 0. The molecule has 3 aromatic rings. The average molecular weight is 401 g/mol. The predicted molar refractivity (Wildman–Crippen MR) is 105 cm³/mol. The Kier molecular flexibility index (Phi) is 5.56. The van der Waals surface area contributed by atoms with Gasteiger partial charge in [0.05, 0.1) is 4.92 Å². The number of amides is 1. The van der Waals surface area contributed by atoms with Gasteiger partial charge in [0.15, 0.2) is 0 Å². The number of carbonyl (C=O) groups is 1. The highest BCUT2D eigenvalue weighted by Gasteiger charge is 2.14. The second-order valence-electron chi connectivity index (χ2n) is 5.91. The lowest BCUT2D eigenvalue weighted by atomic mass is 10.1. The normalized spacial score (nSPS) is 11.0. The molecule has 0 atom stereocenters. The molecule has 0 aliphatic rings. The number of aryl methyl sites for hydroxylation is 1. The van der Waals surface area contributed by atoms with Crippen LogP contribution in [0.25, 0.3) is 17.4 Å². The van der Waals surface area contributed by atoms with Gasteiger partial charge in [0.2, 0.25) is 11.7 Å². The molecule has 0 spiro atoms. The van der Waals surface area contributed by atoms with Crippen LogP contribution in [0.1, 0.15) is 11.3 Å². The van der Waals surface area contributed by atoms with Crippen molar-refractivity contribution in [2.75, 3.05) is 5.32 Å². The van der Waals surface area contributed by atoms with E-state index in [2.05, 4.69) is 5.32 Å². The molecular weight excluding hydrogens is 387 g/mol. The van der Waals surface area contributed by atoms with Gasteiger partial charge in [-0.1, -0.05) is 23.7 Å². The van der Waals surface area contributed by atoms with Gasteiger partial charge < -0.3 is 9.73 Å². The van der Waals surface area contributed by atoms with E-state index in [4.69, 9.17) is 16.0 Å². The van der Waals surface area contributed by atoms with E-state index in [9.17, 15) is 19.3 Å². The molecule has 8 heteroatoms. The van der Waals surface area contributed by atoms with E-state index in [0.717, 1.165) is 23.3 Å². The average Bonchev–Trinajstić information content (AvgIpc) is 3.13. The highest BCUT2D eigenvalue weighted by Crippen LogP contribution is 2.27. The Labute approximate surface area is 164 Å². The Hall–Kier alpha value is -3.45. The SMILES string of the molecule is Cc1ccc(-c2ccc(C=CC(=O)Nc3ccc(F)c([N+](=O)[O-])c3)o2)cc1Cl. The van der Waals surface area contributed by atoms with Crippen molar-refractivity contribution >= 4 is 35.0 Å². The first-order chi connectivity index (χ1) is 13.3. The van der Waals surface area contributed by atoms with Crippen molar-refractivity contribution in [2.45, 2.75) is 6.92 Å². The molecule has 1 heterocycles. The summed E-state index contributed by atoms with van der Waals surface area (Å²) < 4.78 is 19.0. The Morgan fingerprint density at radius 3 is 2.71 bits per heavy atom. The standard InChI is InChI=1S/C20H14ClFN2O4/c1-12-2-3-13(10-16(12)21)19-8-5-15(28-19)6-9-20(25)23-14-4-7-17(22)18(11-14)24(26)27/h2-11H,1H3,(H,23,25). The molecule has 0 fully saturated rings. The minimum atomic E-state index is -0.974. The van der Waals surface area contributed by atoms with Crippen LogP contribution >= 0.6 is 11.6 Å². The number of hydrogen-bond donors (Lipinski definition) is 1. The number of rotatable bonds is 5. The largest absolute Gasteiger partial charge is 0.457 e. The molecule has 1 amide bonds. The topological polar surface area (TPSA) is 85.4 Å². The molecule has 0 saturated heterocycles. The predicted octanol–water partition coefficient (Wildman–Crippen LogP) is 5.61. The van der Waals surface area contributed by atoms with Crippen molar-refractivity contribution in [1.82, 2.24) is 0 Å². The number of nitro benzene ring substituents is 1. The zero-order valence-corrected chi connectivity index (χ0v) is 15.4. The number of nitro groups is 1. The number of anilines is 1. The summed E-state index contributed by atoms with van der Waals surface area (Å²) in [5.41, 5.74) is 1.15. The fraction of sp³-hybridized carbons (Fsp3) is 0.0500. The fourth-order valence-electron chi connectivity index (χ4n) is 2.42. The Bertz CT molecular complexity index is 1090. The lowest BCUT2D eigenvalue weighted by molar-refractivity contribution is -0.387. The third-order valence-electron chi connectivity index (χ3n) is 3.89. The number of hydrogen-bond acceptors (Lipinski definition) is 4. The maximum Gasteiger partial charge on any atom is 0.306 e. The van der Waals surface area contributed by atoms with Crippen LogP contribution in [0.4, 0.5) is 15.8 Å². The zero-order valence-electron chi connectivity index (χ0n) is 14.6. The van der Waals surface area contributed by atoms with Crippen molar-refractivity contribution in [2.24, 2.45) is 0 Å². The monoisotopic (exact) mass is 400 g/mol. The van der Waals surface area contributed by atoms with Crippen LogP contribution in [0, 0.1) is 22.9 Å². The maximum absolute atomic E-state index is 13.3. The van der Waals surface area contributed by atoms with Gasteiger partial charge in [-0.15, -0.1) is 0 Å². The molecule has 1 N–H and O–H groups in total. The molecule has 1 aromatic heterocycles. The summed E-state index contributed by atoms with van der Waals surface area (Å²) in [6.07, 6.45) is 2.66. The van der Waals surface area contributed by atoms with Gasteiger partial charge in [0, 0.05) is 28.4 Å². The van der Waals surface area contributed by atoms with Gasteiger partial charge in [0.25, 0.3) is 0 Å². The smallest absolute Gasteiger partial charge is 0.306 e. The highest BCUT2D eigenvalue weighted by atomic mass is 35.5. The van der Waals surface area contributed by atoms with E-state index in [-0.39, 0.29) is 5.69 Å². The Morgan fingerprint density at radius 2 is 2.00 bits per heavy atom. The number of nitrogens with zero attached hydrogens (tertiary/aromatic N) is 1. The van der Waals surface area contributed by atoms with Crippen LogP contribution in [-0.2, 0) is 4.79 Å². The molecule has 0 radical (unpaired) electrons. The van der Waals surface area contributed by atoms with Crippen LogP contribution in [-0.4, -0.2) is 10.8 Å². The molecule has 0 bridgehead atoms. The molecule has 142 valence electrons. The summed E-state index contributed by atoms with van der Waals surface area (Å²) >= 11 is 6.12. The number of nitrogens with one attached hydrogen (secondary N) is 1. The lowest BCUT2D eigenvalue weighted by Crippen LogP contribution is -2.08. The van der Waals surface area contributed by atoms with E-state index >= 15 is 0 Å². The fourth-order valence-corrected chi connectivity index (χ4v) is 2.60. The summed E-state index contributed by atoms with van der Waals surface area (Å²) in [4.78, 5) is 21.9. The van der Waals surface area contributed by atoms with E-state index in [1.165, 1.54) is 18.2 Å². The zero-order chi connectivity index (χ0) is 20.3. The Morgan fingerprint density at radius 1 is 1.21 bits per heavy atom. The van der Waals surface area contributed by atoms with E-state index in [0.29, 0.717) is 16.5 Å². The van der Waals surface area contributed by atoms with Crippen molar-refractivity contribution in [1.29, 1.82) is 0 Å². The summed E-state index contributed by atoms with van der Waals surface area (Å²) in [6, 6.07) is 12.1. The van der Waals surface area contributed by atoms with Gasteiger partial charge >= 0.3 is 5.69 Å². The van der Waals surface area contributed by atoms with E-state index in [1.54, 1.807) is 18.2 Å². The van der Waals surface area contributed by atoms with Crippen molar-refractivity contribution in [3.05, 3.63) is 86.9 Å². The first-order valence-electron chi connectivity index (χ1n) is 8.13. The maximum atomic E-state index is 13.3. The van der Waals surface area contributed by atoms with Gasteiger partial charge in [-0.05, 0) is 48.9 Å². The molecule has 28 heavy (non-hydrogen) atoms. The molecule has 2 aromatic carbocycles. The molecule has 0 saturated carbocycles. The molecule has 0 unspecified atom stereocenters. The number of carbonyl (C=O) groups excluding carboxylic acids is 1. The first kappa shape index (κ1) is 19.3. The van der Waals surface area contributed by atoms with Gasteiger partial charge in [-0.2, -0.15) is 4.39 Å². The number of furan rings is 1. The number of halogens is 2. The van der Waals surface area contributed by atoms with Crippen molar-refractivity contribution in [3.63, 3.8) is 0 Å². The molecule has 6 nitrogen and oxygen atoms in total. The van der Waals surface area contributed by atoms with E-state index < -0.39 is 22.3 Å². The minimum absolute atomic E-state index is 0.109. The first-order valence-corrected chi connectivity index (χ1v) is 8.50. The van der Waals surface area contributed by atoms with Crippen LogP contribution in [0.15, 0.2) is 59.0 Å². The molecule has 3 rings (SSSR count). The third kappa shape index (κ3) is 4.44. The third-order valence-corrected chi connectivity index (χ3v) is 4.30. The second kappa shape index (κ2) is 8.06. The van der Waals surface area contributed by atoms with E-state index in [1.807, 2.05) is 19.1 Å². The quantitative estimate of drug-likeness (QED) is 0.343. The van der Waals surface area contributed by atoms with Gasteiger partial charge in [0.1, 0.15) is 11.5 Å². The van der Waals surface area contributed by atoms with Crippen LogP contribution in [0.5, 0.6) is 0 Å². The summed E-state index contributed by atoms with van der Waals surface area (Å²) in [5.74, 6) is -0.488.